The molecule has 5 heterocycles. The van der Waals surface area contributed by atoms with Crippen LogP contribution in [-0.2, 0) is 17.8 Å². The number of hydrogen-bond acceptors (Lipinski definition) is 6. The molecule has 1 saturated heterocycles. The van der Waals surface area contributed by atoms with Gasteiger partial charge in [0.25, 0.3) is 11.5 Å². The molecule has 4 aromatic heterocycles. The molecule has 0 bridgehead atoms. The van der Waals surface area contributed by atoms with Gasteiger partial charge in [0, 0.05) is 43.9 Å². The number of nitrogens with zero attached hydrogens (tertiary/aromatic N) is 4. The van der Waals surface area contributed by atoms with E-state index in [-0.39, 0.29) is 17.8 Å². The number of pyridine rings is 2. The quantitative estimate of drug-likeness (QED) is 0.487. The topological polar surface area (TPSA) is 102 Å². The summed E-state index contributed by atoms with van der Waals surface area (Å²) < 4.78 is 8.73. The maximum absolute atomic E-state index is 12.5. The lowest BCUT2D eigenvalue weighted by atomic mass is 10.2. The van der Waals surface area contributed by atoms with Gasteiger partial charge in [-0.1, -0.05) is 12.1 Å². The molecule has 5 rings (SSSR count). The van der Waals surface area contributed by atoms with Crippen LogP contribution in [0.3, 0.4) is 0 Å². The smallest absolute Gasteiger partial charge is 0.270 e. The van der Waals surface area contributed by atoms with Crippen molar-refractivity contribution < 1.29 is 9.53 Å². The molecular formula is C22H22N6O3. The first-order chi connectivity index (χ1) is 15.2. The third-order valence-electron chi connectivity index (χ3n) is 5.32. The van der Waals surface area contributed by atoms with Gasteiger partial charge in [-0.15, -0.1) is 0 Å². The zero-order valence-corrected chi connectivity index (χ0v) is 16.8. The molecule has 4 aromatic rings. The number of imidazole rings is 1. The molecule has 1 aliphatic heterocycles. The largest absolute Gasteiger partial charge is 0.380 e. The SMILES string of the molecule is O=C(NCc1cn2cc(CNC3CCOC3)ccc2n1)c1cc(=O)n2ccccc2n1. The molecule has 31 heavy (non-hydrogen) atoms. The van der Waals surface area contributed by atoms with Gasteiger partial charge in [-0.3, -0.25) is 14.0 Å². The summed E-state index contributed by atoms with van der Waals surface area (Å²) >= 11 is 0. The van der Waals surface area contributed by atoms with Crippen molar-refractivity contribution in [2.75, 3.05) is 13.2 Å². The number of amides is 1. The highest BCUT2D eigenvalue weighted by Crippen LogP contribution is 2.10. The Morgan fingerprint density at radius 2 is 2.06 bits per heavy atom. The first kappa shape index (κ1) is 19.4. The summed E-state index contributed by atoms with van der Waals surface area (Å²) in [5.41, 5.74) is 2.89. The summed E-state index contributed by atoms with van der Waals surface area (Å²) in [6.07, 6.45) is 6.58. The van der Waals surface area contributed by atoms with Crippen molar-refractivity contribution in [3.8, 4) is 0 Å². The van der Waals surface area contributed by atoms with E-state index in [0.717, 1.165) is 43.1 Å². The fraction of sp³-hybridized carbons (Fsp3) is 0.273. The average Bonchev–Trinajstić information content (AvgIpc) is 3.45. The Balaban J connectivity index is 1.26. The monoisotopic (exact) mass is 418 g/mol. The van der Waals surface area contributed by atoms with Gasteiger partial charge < -0.3 is 19.8 Å². The van der Waals surface area contributed by atoms with Gasteiger partial charge in [0.05, 0.1) is 18.8 Å². The summed E-state index contributed by atoms with van der Waals surface area (Å²) in [6, 6.07) is 10.8. The molecule has 9 heteroatoms. The number of rotatable bonds is 6. The summed E-state index contributed by atoms with van der Waals surface area (Å²) in [5.74, 6) is -0.413. The van der Waals surface area contributed by atoms with Crippen LogP contribution in [0.4, 0.5) is 0 Å². The van der Waals surface area contributed by atoms with Crippen LogP contribution in [0, 0.1) is 0 Å². The van der Waals surface area contributed by atoms with Crippen LogP contribution >= 0.6 is 0 Å². The number of hydrogen-bond donors (Lipinski definition) is 2. The van der Waals surface area contributed by atoms with Crippen LogP contribution in [0.2, 0.25) is 0 Å². The number of fused-ring (bicyclic) bond motifs is 2. The molecule has 0 aromatic carbocycles. The third-order valence-corrected chi connectivity index (χ3v) is 5.32. The lowest BCUT2D eigenvalue weighted by Gasteiger charge is -2.10. The molecule has 0 radical (unpaired) electrons. The maximum atomic E-state index is 12.5. The third kappa shape index (κ3) is 4.18. The highest BCUT2D eigenvalue weighted by molar-refractivity contribution is 5.92. The Labute approximate surface area is 177 Å². The summed E-state index contributed by atoms with van der Waals surface area (Å²) in [4.78, 5) is 33.5. The van der Waals surface area contributed by atoms with E-state index < -0.39 is 5.91 Å². The standard InChI is InChI=1S/C22H22N6O3/c29-21-9-18(26-20-3-1-2-7-28(20)21)22(30)24-11-17-13-27-12-15(4-5-19(27)25-17)10-23-16-6-8-31-14-16/h1-5,7,9,12-13,16,23H,6,8,10-11,14H2,(H,24,30). The molecule has 0 spiro atoms. The van der Waals surface area contributed by atoms with Gasteiger partial charge >= 0.3 is 0 Å². The highest BCUT2D eigenvalue weighted by Gasteiger charge is 2.15. The minimum Gasteiger partial charge on any atom is -0.380 e. The number of carbonyl (C=O) groups is 1. The van der Waals surface area contributed by atoms with Crippen LogP contribution in [0.25, 0.3) is 11.3 Å². The predicted octanol–water partition coefficient (Wildman–Crippen LogP) is 1.15. The molecule has 1 atom stereocenters. The second-order valence-corrected chi connectivity index (χ2v) is 7.57. The Morgan fingerprint density at radius 3 is 2.94 bits per heavy atom. The Bertz CT molecular complexity index is 1310. The first-order valence-electron chi connectivity index (χ1n) is 10.2. The number of carbonyl (C=O) groups excluding carboxylic acids is 1. The van der Waals surface area contributed by atoms with Crippen LogP contribution in [-0.4, -0.2) is 43.9 Å². The van der Waals surface area contributed by atoms with Gasteiger partial charge in [0.1, 0.15) is 17.0 Å². The Morgan fingerprint density at radius 1 is 1.13 bits per heavy atom. The van der Waals surface area contributed by atoms with Gasteiger partial charge in [0.2, 0.25) is 0 Å². The van der Waals surface area contributed by atoms with Crippen molar-refractivity contribution in [2.45, 2.75) is 25.6 Å². The normalized spacial score (nSPS) is 16.2. The van der Waals surface area contributed by atoms with Crippen LogP contribution in [0.5, 0.6) is 0 Å². The second-order valence-electron chi connectivity index (χ2n) is 7.57. The van der Waals surface area contributed by atoms with Crippen molar-refractivity contribution in [2.24, 2.45) is 0 Å². The molecule has 1 unspecified atom stereocenters. The molecule has 2 N–H and O–H groups in total. The van der Waals surface area contributed by atoms with E-state index in [1.807, 2.05) is 28.9 Å². The van der Waals surface area contributed by atoms with Crippen LogP contribution in [0.1, 0.15) is 28.2 Å². The van der Waals surface area contributed by atoms with Gasteiger partial charge in [-0.05, 0) is 30.2 Å². The van der Waals surface area contributed by atoms with Gasteiger partial charge in [-0.25, -0.2) is 9.97 Å². The molecule has 1 aliphatic rings. The second kappa shape index (κ2) is 8.29. The lowest BCUT2D eigenvalue weighted by Crippen LogP contribution is -2.28. The Hall–Kier alpha value is -3.56. The van der Waals surface area contributed by atoms with Gasteiger partial charge in [0.15, 0.2) is 0 Å². The van der Waals surface area contributed by atoms with Gasteiger partial charge in [-0.2, -0.15) is 0 Å². The van der Waals surface area contributed by atoms with Crippen molar-refractivity contribution in [3.05, 3.63) is 82.3 Å². The molecule has 9 nitrogen and oxygen atoms in total. The van der Waals surface area contributed by atoms with E-state index in [1.54, 1.807) is 24.4 Å². The lowest BCUT2D eigenvalue weighted by molar-refractivity contribution is 0.0945. The van der Waals surface area contributed by atoms with E-state index in [9.17, 15) is 9.59 Å². The zero-order valence-electron chi connectivity index (χ0n) is 16.8. The molecular weight excluding hydrogens is 396 g/mol. The van der Waals surface area contributed by atoms with Crippen molar-refractivity contribution in [3.63, 3.8) is 0 Å². The van der Waals surface area contributed by atoms with E-state index >= 15 is 0 Å². The minimum atomic E-state index is -0.413. The number of ether oxygens (including phenoxy) is 1. The molecule has 1 amide bonds. The summed E-state index contributed by atoms with van der Waals surface area (Å²) in [6.45, 7) is 2.58. The van der Waals surface area contributed by atoms with Crippen LogP contribution < -0.4 is 16.2 Å². The molecule has 0 saturated carbocycles. The fourth-order valence-corrected chi connectivity index (χ4v) is 3.67. The van der Waals surface area contributed by atoms with E-state index in [0.29, 0.717) is 11.7 Å². The molecule has 158 valence electrons. The minimum absolute atomic E-state index is 0.0872. The number of nitrogens with one attached hydrogen (secondary N) is 2. The predicted molar refractivity (Wildman–Crippen MR) is 114 cm³/mol. The summed E-state index contributed by atoms with van der Waals surface area (Å²) in [7, 11) is 0. The van der Waals surface area contributed by atoms with E-state index in [4.69, 9.17) is 4.74 Å². The maximum Gasteiger partial charge on any atom is 0.270 e. The van der Waals surface area contributed by atoms with Crippen molar-refractivity contribution in [1.82, 2.24) is 29.4 Å². The van der Waals surface area contributed by atoms with Crippen molar-refractivity contribution >= 4 is 17.2 Å². The van der Waals surface area contributed by atoms with Crippen molar-refractivity contribution in [1.29, 1.82) is 0 Å². The summed E-state index contributed by atoms with van der Waals surface area (Å²) in [5, 5.41) is 6.29. The molecule has 1 fully saturated rings. The Kier molecular flexibility index (Phi) is 5.19. The fourth-order valence-electron chi connectivity index (χ4n) is 3.67. The molecule has 0 aliphatic carbocycles. The first-order valence-corrected chi connectivity index (χ1v) is 10.2. The highest BCUT2D eigenvalue weighted by atomic mass is 16.5. The van der Waals surface area contributed by atoms with E-state index in [2.05, 4.69) is 20.6 Å². The average molecular weight is 418 g/mol. The number of aromatic nitrogens is 4. The van der Waals surface area contributed by atoms with E-state index in [1.165, 1.54) is 10.5 Å². The zero-order chi connectivity index (χ0) is 21.2. The van der Waals surface area contributed by atoms with Crippen LogP contribution in [0.15, 0.2) is 59.8 Å².